The topological polar surface area (TPSA) is 105 Å². The van der Waals surface area contributed by atoms with Crippen molar-refractivity contribution in [2.45, 2.75) is 97.6 Å². The molecule has 3 amide bonds. The summed E-state index contributed by atoms with van der Waals surface area (Å²) in [6.07, 6.45) is -0.539. The van der Waals surface area contributed by atoms with E-state index in [9.17, 15) is 36.7 Å². The third-order valence-corrected chi connectivity index (χ3v) is 10.6. The molecule has 1 aliphatic carbocycles. The van der Waals surface area contributed by atoms with Crippen LogP contribution in [0.2, 0.25) is 0 Å². The molecule has 2 saturated heterocycles. The second-order valence-electron chi connectivity index (χ2n) is 15.6. The van der Waals surface area contributed by atoms with Crippen LogP contribution in [0.5, 0.6) is 0 Å². The van der Waals surface area contributed by atoms with Crippen LogP contribution >= 0.6 is 0 Å². The molecular weight excluding hydrogens is 682 g/mol. The summed E-state index contributed by atoms with van der Waals surface area (Å²) in [6, 6.07) is 1.44. The van der Waals surface area contributed by atoms with Gasteiger partial charge in [0.15, 0.2) is 5.78 Å². The van der Waals surface area contributed by atoms with Crippen molar-refractivity contribution >= 4 is 34.6 Å². The molecule has 280 valence electrons. The molecule has 2 aromatic heterocycles. The molecule has 0 spiro atoms. The maximum atomic E-state index is 14.7. The number of rotatable bonds is 7. The van der Waals surface area contributed by atoms with Gasteiger partial charge in [-0.3, -0.25) is 24.3 Å². The smallest absolute Gasteiger partial charge is 0.410 e. The Hall–Kier alpha value is -4.49. The number of Topliss-reactive ketones (excluding diaryl/α,β-unsaturated/α-hetero) is 1. The van der Waals surface area contributed by atoms with Crippen LogP contribution in [-0.4, -0.2) is 97.5 Å². The number of hydrogen-bond acceptors (Lipinski definition) is 6. The average molecular weight is 728 g/mol. The molecule has 6 rings (SSSR count). The highest BCUT2D eigenvalue weighted by molar-refractivity contribution is 6.11. The summed E-state index contributed by atoms with van der Waals surface area (Å²) in [7, 11) is 0. The lowest BCUT2D eigenvalue weighted by molar-refractivity contribution is -0.175. The normalized spacial score (nSPS) is 21.3. The van der Waals surface area contributed by atoms with E-state index in [2.05, 4.69) is 4.98 Å². The average Bonchev–Trinajstić information content (AvgIpc) is 3.62. The molecule has 52 heavy (non-hydrogen) atoms. The number of benzene rings is 1. The second-order valence-corrected chi connectivity index (χ2v) is 15.6. The first kappa shape index (κ1) is 37.3. The number of hydrogen-bond donors (Lipinski definition) is 0. The number of aromatic nitrogens is 2. The lowest BCUT2D eigenvalue weighted by atomic mass is 9.87. The molecule has 2 aliphatic heterocycles. The lowest BCUT2D eigenvalue weighted by Gasteiger charge is -2.36. The SMILES string of the molecule is Cc1c(C(=O)C2CCN(C(=O)[C@@H]3[C@H]4C[C@H]4CN3C(=O)OC(C)(C)C)CC2)c2ccncc2n1-c1ccc(F)cc1C(=O)N(C(C)C)[C@H](C)C(F)(F)F. The van der Waals surface area contributed by atoms with Crippen LogP contribution in [0, 0.1) is 30.5 Å². The van der Waals surface area contributed by atoms with Gasteiger partial charge in [0.05, 0.1) is 23.0 Å². The number of ether oxygens (including phenoxy) is 1. The summed E-state index contributed by atoms with van der Waals surface area (Å²) in [5.74, 6) is -2.18. The summed E-state index contributed by atoms with van der Waals surface area (Å²) >= 11 is 0. The van der Waals surface area contributed by atoms with E-state index >= 15 is 0 Å². The third-order valence-electron chi connectivity index (χ3n) is 10.6. The van der Waals surface area contributed by atoms with E-state index in [1.165, 1.54) is 32.3 Å². The van der Waals surface area contributed by atoms with Gasteiger partial charge < -0.3 is 19.1 Å². The highest BCUT2D eigenvalue weighted by Crippen LogP contribution is 2.50. The van der Waals surface area contributed by atoms with Crippen LogP contribution in [0.15, 0.2) is 36.7 Å². The van der Waals surface area contributed by atoms with Crippen LogP contribution in [0.3, 0.4) is 0 Å². The Balaban J connectivity index is 1.27. The summed E-state index contributed by atoms with van der Waals surface area (Å²) in [5, 5.41) is 0.529. The first-order valence-corrected chi connectivity index (χ1v) is 17.8. The maximum absolute atomic E-state index is 14.7. The fourth-order valence-electron chi connectivity index (χ4n) is 7.96. The van der Waals surface area contributed by atoms with Gasteiger partial charge in [0.1, 0.15) is 23.5 Å². The largest absolute Gasteiger partial charge is 0.444 e. The van der Waals surface area contributed by atoms with Crippen LogP contribution in [0.4, 0.5) is 22.4 Å². The Bertz CT molecular complexity index is 1910. The highest BCUT2D eigenvalue weighted by atomic mass is 19.4. The van der Waals surface area contributed by atoms with Crippen molar-refractivity contribution in [2.75, 3.05) is 19.6 Å². The van der Waals surface area contributed by atoms with Crippen molar-refractivity contribution < 1.29 is 41.5 Å². The zero-order valence-electron chi connectivity index (χ0n) is 30.5. The Morgan fingerprint density at radius 3 is 2.31 bits per heavy atom. The molecule has 4 atom stereocenters. The summed E-state index contributed by atoms with van der Waals surface area (Å²) in [5.41, 5.74) is 0.351. The number of halogens is 4. The van der Waals surface area contributed by atoms with Crippen molar-refractivity contribution in [3.63, 3.8) is 0 Å². The zero-order valence-corrected chi connectivity index (χ0v) is 30.5. The van der Waals surface area contributed by atoms with E-state index in [1.54, 1.807) is 48.1 Å². The van der Waals surface area contributed by atoms with Crippen molar-refractivity contribution in [2.24, 2.45) is 17.8 Å². The monoisotopic (exact) mass is 727 g/mol. The highest BCUT2D eigenvalue weighted by Gasteiger charge is 2.58. The van der Waals surface area contributed by atoms with Gasteiger partial charge >= 0.3 is 12.3 Å². The molecule has 0 unspecified atom stereocenters. The van der Waals surface area contributed by atoms with Crippen LogP contribution in [-0.2, 0) is 9.53 Å². The first-order valence-electron chi connectivity index (χ1n) is 17.8. The molecule has 0 N–H and O–H groups in total. The van der Waals surface area contributed by atoms with Gasteiger partial charge in [0.25, 0.3) is 5.91 Å². The Morgan fingerprint density at radius 2 is 1.69 bits per heavy atom. The Kier molecular flexibility index (Phi) is 9.67. The molecule has 3 aliphatic rings. The standard InChI is InChI=1S/C38H45F4N5O5/c1-20(2)46(22(4)38(40,41)42)34(49)28-17-25(39)8-9-29(28)47-21(3)31(26-10-13-43-18-30(26)47)33(48)23-11-14-44(15-12-23)35(50)32-27-16-24(27)19-45(32)36(51)52-37(5,6)7/h8-10,13,17-18,20,22-24,27,32H,11-12,14-16,19H2,1-7H3/t22-,24+,27+,32+/m1/s1. The quantitative estimate of drug-likeness (QED) is 0.193. The van der Waals surface area contributed by atoms with E-state index in [-0.39, 0.29) is 34.8 Å². The fraction of sp³-hybridized carbons (Fsp3) is 0.553. The lowest BCUT2D eigenvalue weighted by Crippen LogP contribution is -2.52. The molecule has 0 radical (unpaired) electrons. The van der Waals surface area contributed by atoms with E-state index in [0.29, 0.717) is 59.5 Å². The molecule has 1 aromatic carbocycles. The fourth-order valence-corrected chi connectivity index (χ4v) is 7.96. The molecule has 3 fully saturated rings. The number of nitrogens with zero attached hydrogens (tertiary/aromatic N) is 5. The molecule has 3 aromatic rings. The van der Waals surface area contributed by atoms with Crippen LogP contribution in [0.25, 0.3) is 16.6 Å². The molecule has 0 bridgehead atoms. The van der Waals surface area contributed by atoms with Crippen molar-refractivity contribution in [1.29, 1.82) is 0 Å². The van der Waals surface area contributed by atoms with Crippen LogP contribution in [0.1, 0.15) is 87.2 Å². The van der Waals surface area contributed by atoms with Gasteiger partial charge in [-0.15, -0.1) is 0 Å². The van der Waals surface area contributed by atoms with Gasteiger partial charge in [-0.2, -0.15) is 13.2 Å². The molecule has 4 heterocycles. The van der Waals surface area contributed by atoms with Gasteiger partial charge in [-0.05, 0) is 104 Å². The number of pyridine rings is 1. The minimum absolute atomic E-state index is 0.106. The van der Waals surface area contributed by atoms with E-state index in [0.717, 1.165) is 25.5 Å². The Morgan fingerprint density at radius 1 is 1.02 bits per heavy atom. The van der Waals surface area contributed by atoms with Gasteiger partial charge in [0.2, 0.25) is 5.91 Å². The predicted octanol–water partition coefficient (Wildman–Crippen LogP) is 6.95. The number of fused-ring (bicyclic) bond motifs is 2. The second kappa shape index (κ2) is 13.5. The number of piperidine rings is 2. The molecular formula is C38H45F4N5O5. The number of likely N-dealkylation sites (tertiary alicyclic amines) is 2. The Labute approximate surface area is 300 Å². The minimum Gasteiger partial charge on any atom is -0.444 e. The van der Waals surface area contributed by atoms with Gasteiger partial charge in [-0.1, -0.05) is 0 Å². The number of amides is 3. The van der Waals surface area contributed by atoms with Crippen molar-refractivity contribution in [3.05, 3.63) is 59.3 Å². The number of carbonyl (C=O) groups excluding carboxylic acids is 4. The van der Waals surface area contributed by atoms with E-state index in [4.69, 9.17) is 4.74 Å². The number of alkyl halides is 3. The molecule has 1 saturated carbocycles. The molecule has 10 nitrogen and oxygen atoms in total. The van der Waals surface area contributed by atoms with Gasteiger partial charge in [0, 0.05) is 54.4 Å². The summed E-state index contributed by atoms with van der Waals surface area (Å²) < 4.78 is 63.6. The summed E-state index contributed by atoms with van der Waals surface area (Å²) in [4.78, 5) is 63.2. The third kappa shape index (κ3) is 6.88. The van der Waals surface area contributed by atoms with Crippen LogP contribution < -0.4 is 0 Å². The van der Waals surface area contributed by atoms with Crippen molar-refractivity contribution in [3.8, 4) is 5.69 Å². The number of ketones is 1. The maximum Gasteiger partial charge on any atom is 0.410 e. The first-order chi connectivity index (χ1) is 24.3. The predicted molar refractivity (Wildman–Crippen MR) is 185 cm³/mol. The molecule has 14 heteroatoms. The van der Waals surface area contributed by atoms with E-state index in [1.807, 2.05) is 0 Å². The van der Waals surface area contributed by atoms with Crippen molar-refractivity contribution in [1.82, 2.24) is 24.3 Å². The number of carbonyl (C=O) groups is 4. The van der Waals surface area contributed by atoms with Gasteiger partial charge in [-0.25, -0.2) is 9.18 Å². The minimum atomic E-state index is -4.72. The zero-order chi connectivity index (χ0) is 38.0. The van der Waals surface area contributed by atoms with E-state index < -0.39 is 53.6 Å². The summed E-state index contributed by atoms with van der Waals surface area (Å²) in [6.45, 7) is 12.0.